The Kier molecular flexibility index (Phi) is 4.65. The second kappa shape index (κ2) is 6.31. The lowest BCUT2D eigenvalue weighted by Crippen LogP contribution is -2.61. The molecule has 120 valence electrons. The number of benzene rings is 1. The van der Waals surface area contributed by atoms with Gasteiger partial charge in [0.2, 0.25) is 0 Å². The third kappa shape index (κ3) is 3.36. The molecule has 0 bridgehead atoms. The fourth-order valence-corrected chi connectivity index (χ4v) is 2.53. The molecular formula is C15H20N2O5. The van der Waals surface area contributed by atoms with Crippen LogP contribution in [0.2, 0.25) is 0 Å². The van der Waals surface area contributed by atoms with E-state index in [4.69, 9.17) is 9.47 Å². The van der Waals surface area contributed by atoms with E-state index in [0.717, 1.165) is 0 Å². The molecule has 7 heteroatoms. The summed E-state index contributed by atoms with van der Waals surface area (Å²) in [5.74, 6) is -0.388. The molecule has 1 heterocycles. The van der Waals surface area contributed by atoms with Crippen molar-refractivity contribution < 1.29 is 19.2 Å². The van der Waals surface area contributed by atoms with Crippen LogP contribution >= 0.6 is 0 Å². The lowest BCUT2D eigenvalue weighted by atomic mass is 9.95. The van der Waals surface area contributed by atoms with E-state index < -0.39 is 4.92 Å². The van der Waals surface area contributed by atoms with Gasteiger partial charge in [-0.05, 0) is 25.5 Å². The summed E-state index contributed by atoms with van der Waals surface area (Å²) in [6.45, 7) is 5.18. The molecular weight excluding hydrogens is 288 g/mol. The number of nitro groups is 1. The molecule has 1 saturated heterocycles. The Morgan fingerprint density at radius 3 is 2.68 bits per heavy atom. The average Bonchev–Trinajstić information content (AvgIpc) is 2.44. The number of hydrogen-bond donors (Lipinski definition) is 0. The Hall–Kier alpha value is -2.15. The van der Waals surface area contributed by atoms with Gasteiger partial charge in [0.1, 0.15) is 5.69 Å². The Morgan fingerprint density at radius 1 is 1.45 bits per heavy atom. The van der Waals surface area contributed by atoms with Crippen molar-refractivity contribution >= 4 is 17.3 Å². The molecule has 0 aromatic heterocycles. The van der Waals surface area contributed by atoms with E-state index in [9.17, 15) is 14.9 Å². The molecule has 1 aromatic rings. The van der Waals surface area contributed by atoms with Gasteiger partial charge in [-0.1, -0.05) is 6.07 Å². The molecule has 2 rings (SSSR count). The molecule has 7 nitrogen and oxygen atoms in total. The molecule has 0 atom stereocenters. The highest BCUT2D eigenvalue weighted by Gasteiger charge is 2.41. The number of anilines is 1. The summed E-state index contributed by atoms with van der Waals surface area (Å²) in [6.07, 6.45) is 0.0325. The van der Waals surface area contributed by atoms with Crippen LogP contribution in [0.25, 0.3) is 0 Å². The third-order valence-electron chi connectivity index (χ3n) is 3.77. The van der Waals surface area contributed by atoms with Gasteiger partial charge in [-0.2, -0.15) is 0 Å². The van der Waals surface area contributed by atoms with Gasteiger partial charge in [-0.15, -0.1) is 0 Å². The highest BCUT2D eigenvalue weighted by molar-refractivity contribution is 5.74. The molecule has 1 aliphatic heterocycles. The molecule has 0 unspecified atom stereocenters. The first kappa shape index (κ1) is 16.2. The zero-order chi connectivity index (χ0) is 16.3. The third-order valence-corrected chi connectivity index (χ3v) is 3.77. The van der Waals surface area contributed by atoms with Gasteiger partial charge >= 0.3 is 5.97 Å². The predicted molar refractivity (Wildman–Crippen MR) is 81.1 cm³/mol. The van der Waals surface area contributed by atoms with E-state index in [2.05, 4.69) is 0 Å². The number of nitrogens with zero attached hydrogens (tertiary/aromatic N) is 2. The fraction of sp³-hybridized carbons (Fsp3) is 0.533. The van der Waals surface area contributed by atoms with Gasteiger partial charge in [0.15, 0.2) is 0 Å². The largest absolute Gasteiger partial charge is 0.466 e. The van der Waals surface area contributed by atoms with Crippen LogP contribution < -0.4 is 4.90 Å². The summed E-state index contributed by atoms with van der Waals surface area (Å²) < 4.78 is 10.2. The number of nitro benzene ring substituents is 1. The van der Waals surface area contributed by atoms with Crippen molar-refractivity contribution in [2.45, 2.75) is 25.9 Å². The van der Waals surface area contributed by atoms with E-state index in [1.165, 1.54) is 6.07 Å². The maximum atomic E-state index is 11.5. The van der Waals surface area contributed by atoms with Crippen molar-refractivity contribution in [3.05, 3.63) is 33.9 Å². The molecule has 1 aromatic carbocycles. The Labute approximate surface area is 129 Å². The standard InChI is InChI=1S/C15H20N2O5/c1-4-22-14(18)8-11-5-6-12(13(7-11)17(19)20)16-9-15(2,10-16)21-3/h5-7H,4,8-10H2,1-3H3. The highest BCUT2D eigenvalue weighted by atomic mass is 16.6. The van der Waals surface area contributed by atoms with Crippen LogP contribution in [0.4, 0.5) is 11.4 Å². The van der Waals surface area contributed by atoms with Crippen molar-refractivity contribution in [3.63, 3.8) is 0 Å². The molecule has 0 spiro atoms. The van der Waals surface area contributed by atoms with E-state index >= 15 is 0 Å². The van der Waals surface area contributed by atoms with Crippen molar-refractivity contribution in [2.75, 3.05) is 31.7 Å². The van der Waals surface area contributed by atoms with Crippen LogP contribution in [0.1, 0.15) is 19.4 Å². The average molecular weight is 308 g/mol. The van der Waals surface area contributed by atoms with Crippen LogP contribution in [0, 0.1) is 10.1 Å². The zero-order valence-electron chi connectivity index (χ0n) is 13.0. The smallest absolute Gasteiger partial charge is 0.310 e. The molecule has 0 N–H and O–H groups in total. The molecule has 0 radical (unpaired) electrons. The number of hydrogen-bond acceptors (Lipinski definition) is 6. The van der Waals surface area contributed by atoms with Gasteiger partial charge in [0.25, 0.3) is 5.69 Å². The van der Waals surface area contributed by atoms with Crippen LogP contribution in [0.3, 0.4) is 0 Å². The number of methoxy groups -OCH3 is 1. The summed E-state index contributed by atoms with van der Waals surface area (Å²) in [5, 5.41) is 11.3. The fourth-order valence-electron chi connectivity index (χ4n) is 2.53. The maximum Gasteiger partial charge on any atom is 0.310 e. The minimum absolute atomic E-state index is 0.0000449. The first-order chi connectivity index (χ1) is 10.4. The van der Waals surface area contributed by atoms with E-state index in [-0.39, 0.29) is 23.7 Å². The molecule has 0 amide bonds. The number of carbonyl (C=O) groups is 1. The topological polar surface area (TPSA) is 81.9 Å². The summed E-state index contributed by atoms with van der Waals surface area (Å²) in [4.78, 5) is 24.3. The summed E-state index contributed by atoms with van der Waals surface area (Å²) in [6, 6.07) is 4.85. The van der Waals surface area contributed by atoms with E-state index in [0.29, 0.717) is 30.9 Å². The van der Waals surface area contributed by atoms with E-state index in [1.807, 2.05) is 11.8 Å². The minimum Gasteiger partial charge on any atom is -0.466 e. The molecule has 1 aliphatic rings. The number of esters is 1. The van der Waals surface area contributed by atoms with Crippen LogP contribution in [-0.4, -0.2) is 43.3 Å². The SMILES string of the molecule is CCOC(=O)Cc1ccc(N2CC(C)(OC)C2)c([N+](=O)[O-])c1. The molecule has 1 fully saturated rings. The van der Waals surface area contributed by atoms with Crippen molar-refractivity contribution in [2.24, 2.45) is 0 Å². The molecule has 22 heavy (non-hydrogen) atoms. The van der Waals surface area contributed by atoms with Crippen molar-refractivity contribution in [1.82, 2.24) is 0 Å². The van der Waals surface area contributed by atoms with E-state index in [1.54, 1.807) is 26.2 Å². The summed E-state index contributed by atoms with van der Waals surface area (Å²) in [7, 11) is 1.63. The van der Waals surface area contributed by atoms with Gasteiger partial charge in [-0.25, -0.2) is 0 Å². The van der Waals surface area contributed by atoms with Gasteiger partial charge in [0.05, 0.1) is 23.6 Å². The summed E-state index contributed by atoms with van der Waals surface area (Å²) >= 11 is 0. The lowest BCUT2D eigenvalue weighted by Gasteiger charge is -2.47. The monoisotopic (exact) mass is 308 g/mol. The zero-order valence-corrected chi connectivity index (χ0v) is 13.0. The summed E-state index contributed by atoms with van der Waals surface area (Å²) in [5.41, 5.74) is 0.855. The Bertz CT molecular complexity index is 581. The highest BCUT2D eigenvalue weighted by Crippen LogP contribution is 2.36. The molecule has 0 saturated carbocycles. The first-order valence-electron chi connectivity index (χ1n) is 7.11. The lowest BCUT2D eigenvalue weighted by molar-refractivity contribution is -0.384. The van der Waals surface area contributed by atoms with Crippen LogP contribution in [0.5, 0.6) is 0 Å². The van der Waals surface area contributed by atoms with Gasteiger partial charge < -0.3 is 14.4 Å². The van der Waals surface area contributed by atoms with Crippen LogP contribution in [-0.2, 0) is 20.7 Å². The quantitative estimate of drug-likeness (QED) is 0.454. The van der Waals surface area contributed by atoms with Crippen LogP contribution in [0.15, 0.2) is 18.2 Å². The number of rotatable bonds is 6. The Balaban J connectivity index is 2.18. The molecule has 0 aliphatic carbocycles. The van der Waals surface area contributed by atoms with Crippen molar-refractivity contribution in [3.8, 4) is 0 Å². The first-order valence-corrected chi connectivity index (χ1v) is 7.11. The Morgan fingerprint density at radius 2 is 2.14 bits per heavy atom. The normalized spacial score (nSPS) is 16.0. The minimum atomic E-state index is -0.424. The number of ether oxygens (including phenoxy) is 2. The van der Waals surface area contributed by atoms with Crippen molar-refractivity contribution in [1.29, 1.82) is 0 Å². The number of carbonyl (C=O) groups excluding carboxylic acids is 1. The van der Waals surface area contributed by atoms with Gasteiger partial charge in [0, 0.05) is 26.3 Å². The second-order valence-electron chi connectivity index (χ2n) is 5.57. The predicted octanol–water partition coefficient (Wildman–Crippen LogP) is 1.93. The second-order valence-corrected chi connectivity index (χ2v) is 5.57. The maximum absolute atomic E-state index is 11.5. The van der Waals surface area contributed by atoms with Gasteiger partial charge in [-0.3, -0.25) is 14.9 Å².